The van der Waals surface area contributed by atoms with Gasteiger partial charge in [0.25, 0.3) is 0 Å². The number of aliphatic hydroxyl groups is 1. The van der Waals surface area contributed by atoms with Gasteiger partial charge in [-0.3, -0.25) is 0 Å². The highest BCUT2D eigenvalue weighted by Gasteiger charge is 2.12. The van der Waals surface area contributed by atoms with Gasteiger partial charge in [0.15, 0.2) is 0 Å². The second kappa shape index (κ2) is 7.42. The van der Waals surface area contributed by atoms with Crippen LogP contribution < -0.4 is 4.74 Å². The lowest BCUT2D eigenvalue weighted by Crippen LogP contribution is -2.04. The normalized spacial score (nSPS) is 12.1. The highest BCUT2D eigenvalue weighted by atomic mass is 35.5. The molecule has 0 aliphatic rings. The summed E-state index contributed by atoms with van der Waals surface area (Å²) in [6, 6.07) is 10.7. The molecular formula is C17H16ClN3O3. The van der Waals surface area contributed by atoms with Crippen LogP contribution in [-0.2, 0) is 6.42 Å². The molecule has 0 saturated carbocycles. The van der Waals surface area contributed by atoms with Crippen molar-refractivity contribution in [2.45, 2.75) is 13.3 Å². The van der Waals surface area contributed by atoms with Crippen molar-refractivity contribution in [2.24, 2.45) is 5.92 Å². The summed E-state index contributed by atoms with van der Waals surface area (Å²) in [6.07, 6.45) is 2.08. The molecule has 3 aromatic rings. The van der Waals surface area contributed by atoms with Gasteiger partial charge in [-0.1, -0.05) is 23.7 Å². The van der Waals surface area contributed by atoms with Gasteiger partial charge in [-0.25, -0.2) is 4.98 Å². The molecule has 0 aliphatic heterocycles. The van der Waals surface area contributed by atoms with E-state index in [0.717, 1.165) is 5.56 Å². The Bertz CT molecular complexity index is 788. The maximum absolute atomic E-state index is 9.07. The smallest absolute Gasteiger partial charge is 0.227 e. The van der Waals surface area contributed by atoms with Gasteiger partial charge in [0.1, 0.15) is 5.75 Å². The number of pyridine rings is 1. The van der Waals surface area contributed by atoms with Gasteiger partial charge in [0, 0.05) is 30.9 Å². The van der Waals surface area contributed by atoms with Crippen LogP contribution in [0.1, 0.15) is 12.8 Å². The Morgan fingerprint density at radius 1 is 1.21 bits per heavy atom. The number of rotatable bonds is 6. The Labute approximate surface area is 144 Å². The zero-order chi connectivity index (χ0) is 16.9. The van der Waals surface area contributed by atoms with Gasteiger partial charge in [0.05, 0.1) is 5.02 Å². The minimum Gasteiger partial charge on any atom is -0.439 e. The molecule has 2 aromatic heterocycles. The van der Waals surface area contributed by atoms with Gasteiger partial charge >= 0.3 is 0 Å². The van der Waals surface area contributed by atoms with Gasteiger partial charge in [-0.2, -0.15) is 4.98 Å². The predicted octanol–water partition coefficient (Wildman–Crippen LogP) is 3.75. The fourth-order valence-electron chi connectivity index (χ4n) is 2.03. The maximum Gasteiger partial charge on any atom is 0.227 e. The molecule has 0 amide bonds. The van der Waals surface area contributed by atoms with Gasteiger partial charge < -0.3 is 14.4 Å². The van der Waals surface area contributed by atoms with E-state index in [2.05, 4.69) is 15.1 Å². The van der Waals surface area contributed by atoms with E-state index in [0.29, 0.717) is 34.8 Å². The van der Waals surface area contributed by atoms with Gasteiger partial charge in [-0.05, 0) is 36.2 Å². The number of ether oxygens (including phenoxy) is 1. The van der Waals surface area contributed by atoms with E-state index < -0.39 is 0 Å². The molecule has 0 saturated heterocycles. The van der Waals surface area contributed by atoms with Crippen molar-refractivity contribution in [3.8, 4) is 23.0 Å². The molecular weight excluding hydrogens is 330 g/mol. The van der Waals surface area contributed by atoms with Crippen LogP contribution >= 0.6 is 11.6 Å². The molecule has 2 heterocycles. The minimum atomic E-state index is 0.0842. The number of aromatic nitrogens is 3. The second-order valence-electron chi connectivity index (χ2n) is 5.44. The minimum absolute atomic E-state index is 0.0842. The topological polar surface area (TPSA) is 81.3 Å². The first-order valence-electron chi connectivity index (χ1n) is 7.47. The Morgan fingerprint density at radius 2 is 2.00 bits per heavy atom. The van der Waals surface area contributed by atoms with Crippen LogP contribution in [0.25, 0.3) is 11.4 Å². The first-order chi connectivity index (χ1) is 11.6. The van der Waals surface area contributed by atoms with Crippen LogP contribution in [0.5, 0.6) is 11.6 Å². The van der Waals surface area contributed by atoms with Crippen molar-refractivity contribution in [3.05, 3.63) is 53.5 Å². The summed E-state index contributed by atoms with van der Waals surface area (Å²) < 4.78 is 10.8. The van der Waals surface area contributed by atoms with Crippen molar-refractivity contribution in [1.82, 2.24) is 15.1 Å². The molecule has 1 N–H and O–H groups in total. The number of hydrogen-bond acceptors (Lipinski definition) is 6. The summed E-state index contributed by atoms with van der Waals surface area (Å²) in [4.78, 5) is 8.41. The summed E-state index contributed by atoms with van der Waals surface area (Å²) in [7, 11) is 0. The lowest BCUT2D eigenvalue weighted by atomic mass is 10.1. The van der Waals surface area contributed by atoms with E-state index in [1.807, 2.05) is 19.1 Å². The average Bonchev–Trinajstić information content (AvgIpc) is 3.06. The first-order valence-corrected chi connectivity index (χ1v) is 7.85. The third kappa shape index (κ3) is 4.10. The number of hydrogen-bond donors (Lipinski definition) is 1. The zero-order valence-electron chi connectivity index (χ0n) is 13.0. The average molecular weight is 346 g/mol. The molecule has 0 unspecified atom stereocenters. The number of nitrogens with zero attached hydrogens (tertiary/aromatic N) is 3. The van der Waals surface area contributed by atoms with E-state index in [9.17, 15) is 0 Å². The molecule has 1 atom stereocenters. The molecule has 3 rings (SSSR count). The molecule has 124 valence electrons. The van der Waals surface area contributed by atoms with E-state index in [-0.39, 0.29) is 12.5 Å². The molecule has 0 fully saturated rings. The number of benzene rings is 1. The molecule has 0 aliphatic carbocycles. The SMILES string of the molecule is C[C@H](CO)Cc1nc(-c2ccc(Oc3ccc(Cl)cn3)cc2)no1. The van der Waals surface area contributed by atoms with Crippen molar-refractivity contribution in [3.63, 3.8) is 0 Å². The Hall–Kier alpha value is -2.44. The fraction of sp³-hybridized carbons (Fsp3) is 0.235. The van der Waals surface area contributed by atoms with E-state index >= 15 is 0 Å². The van der Waals surface area contributed by atoms with Gasteiger partial charge in [-0.15, -0.1) is 0 Å². The number of halogens is 1. The predicted molar refractivity (Wildman–Crippen MR) is 89.0 cm³/mol. The molecule has 7 heteroatoms. The number of aliphatic hydroxyl groups excluding tert-OH is 1. The second-order valence-corrected chi connectivity index (χ2v) is 5.88. The lowest BCUT2D eigenvalue weighted by Gasteiger charge is -2.04. The largest absolute Gasteiger partial charge is 0.439 e. The zero-order valence-corrected chi connectivity index (χ0v) is 13.8. The van der Waals surface area contributed by atoms with Crippen LogP contribution in [0, 0.1) is 5.92 Å². The summed E-state index contributed by atoms with van der Waals surface area (Å²) in [5.74, 6) is 2.21. The fourth-order valence-corrected chi connectivity index (χ4v) is 2.14. The van der Waals surface area contributed by atoms with E-state index in [4.69, 9.17) is 26.0 Å². The molecule has 24 heavy (non-hydrogen) atoms. The summed E-state index contributed by atoms with van der Waals surface area (Å²) in [5.41, 5.74) is 0.818. The third-order valence-corrected chi connectivity index (χ3v) is 3.56. The highest BCUT2D eigenvalue weighted by molar-refractivity contribution is 6.30. The van der Waals surface area contributed by atoms with Crippen LogP contribution in [0.15, 0.2) is 47.1 Å². The summed E-state index contributed by atoms with van der Waals surface area (Å²) in [6.45, 7) is 2.00. The molecule has 1 aromatic carbocycles. The molecule has 0 bridgehead atoms. The highest BCUT2D eigenvalue weighted by Crippen LogP contribution is 2.24. The van der Waals surface area contributed by atoms with Crippen molar-refractivity contribution < 1.29 is 14.4 Å². The third-order valence-electron chi connectivity index (χ3n) is 3.34. The van der Waals surface area contributed by atoms with Crippen molar-refractivity contribution in [2.75, 3.05) is 6.61 Å². The summed E-state index contributed by atoms with van der Waals surface area (Å²) in [5, 5.41) is 13.6. The Balaban J connectivity index is 1.69. The Kier molecular flexibility index (Phi) is 5.08. The van der Waals surface area contributed by atoms with Crippen LogP contribution in [0.3, 0.4) is 0 Å². The summed E-state index contributed by atoms with van der Waals surface area (Å²) >= 11 is 5.79. The van der Waals surface area contributed by atoms with Crippen LogP contribution in [0.4, 0.5) is 0 Å². The van der Waals surface area contributed by atoms with Crippen molar-refractivity contribution in [1.29, 1.82) is 0 Å². The van der Waals surface area contributed by atoms with E-state index in [1.54, 1.807) is 24.3 Å². The van der Waals surface area contributed by atoms with Gasteiger partial charge in [0.2, 0.25) is 17.6 Å². The Morgan fingerprint density at radius 3 is 2.67 bits per heavy atom. The molecule has 0 radical (unpaired) electrons. The molecule has 0 spiro atoms. The van der Waals surface area contributed by atoms with Crippen molar-refractivity contribution >= 4 is 11.6 Å². The van der Waals surface area contributed by atoms with Crippen LogP contribution in [-0.4, -0.2) is 26.8 Å². The monoisotopic (exact) mass is 345 g/mol. The van der Waals surface area contributed by atoms with E-state index in [1.165, 1.54) is 6.20 Å². The first kappa shape index (κ1) is 16.4. The quantitative estimate of drug-likeness (QED) is 0.732. The molecule has 6 nitrogen and oxygen atoms in total. The van der Waals surface area contributed by atoms with Crippen LogP contribution in [0.2, 0.25) is 5.02 Å². The maximum atomic E-state index is 9.07. The lowest BCUT2D eigenvalue weighted by molar-refractivity contribution is 0.225. The standard InChI is InChI=1S/C17H16ClN3O3/c1-11(10-22)8-16-20-17(21-24-16)12-2-5-14(6-3-12)23-15-7-4-13(18)9-19-15/h2-7,9,11,22H,8,10H2,1H3/t11-/m0/s1.